The fourth-order valence-corrected chi connectivity index (χ4v) is 3.32. The Balaban J connectivity index is 1.52. The Labute approximate surface area is 149 Å². The van der Waals surface area contributed by atoms with Gasteiger partial charge < -0.3 is 4.90 Å². The molecule has 1 atom stereocenters. The third-order valence-electron chi connectivity index (χ3n) is 4.12. The molecule has 0 bridgehead atoms. The third-order valence-corrected chi connectivity index (χ3v) is 4.99. The number of hydrazine groups is 1. The summed E-state index contributed by atoms with van der Waals surface area (Å²) in [6, 6.07) is 11.4. The molecule has 3 amide bonds. The van der Waals surface area contributed by atoms with E-state index in [2.05, 4.69) is 10.9 Å². The quantitative estimate of drug-likeness (QED) is 0.820. The SMILES string of the molecule is Cc1ccc(CN2CC(C(=O)NNC(=O)c3cccs3)CC2=O)cc1. The molecule has 1 aliphatic rings. The molecule has 1 aromatic carbocycles. The zero-order valence-electron chi connectivity index (χ0n) is 13.8. The average molecular weight is 357 g/mol. The molecule has 1 fully saturated rings. The maximum absolute atomic E-state index is 12.2. The molecule has 1 saturated heterocycles. The van der Waals surface area contributed by atoms with Crippen molar-refractivity contribution in [3.8, 4) is 0 Å². The number of hydrogen-bond donors (Lipinski definition) is 2. The monoisotopic (exact) mass is 357 g/mol. The van der Waals surface area contributed by atoms with Gasteiger partial charge in [-0.05, 0) is 23.9 Å². The molecular formula is C18H19N3O3S. The van der Waals surface area contributed by atoms with Crippen molar-refractivity contribution in [2.75, 3.05) is 6.54 Å². The van der Waals surface area contributed by atoms with Crippen LogP contribution in [0.3, 0.4) is 0 Å². The summed E-state index contributed by atoms with van der Waals surface area (Å²) in [7, 11) is 0. The number of likely N-dealkylation sites (tertiary alicyclic amines) is 1. The largest absolute Gasteiger partial charge is 0.338 e. The summed E-state index contributed by atoms with van der Waals surface area (Å²) < 4.78 is 0. The van der Waals surface area contributed by atoms with Gasteiger partial charge in [-0.25, -0.2) is 0 Å². The highest BCUT2D eigenvalue weighted by molar-refractivity contribution is 7.12. The molecule has 0 spiro atoms. The summed E-state index contributed by atoms with van der Waals surface area (Å²) in [4.78, 5) is 38.4. The van der Waals surface area contributed by atoms with Gasteiger partial charge in [0, 0.05) is 19.5 Å². The second-order valence-corrected chi connectivity index (χ2v) is 7.03. The van der Waals surface area contributed by atoms with Gasteiger partial charge in [0.1, 0.15) is 0 Å². The molecule has 1 aromatic heterocycles. The molecule has 7 heteroatoms. The van der Waals surface area contributed by atoms with E-state index in [-0.39, 0.29) is 24.1 Å². The van der Waals surface area contributed by atoms with Crippen molar-refractivity contribution in [1.82, 2.24) is 15.8 Å². The first-order valence-corrected chi connectivity index (χ1v) is 8.88. The number of nitrogens with one attached hydrogen (secondary N) is 2. The second-order valence-electron chi connectivity index (χ2n) is 6.08. The Morgan fingerprint density at radius 2 is 1.96 bits per heavy atom. The van der Waals surface area contributed by atoms with Crippen molar-refractivity contribution in [2.24, 2.45) is 5.92 Å². The Morgan fingerprint density at radius 3 is 2.64 bits per heavy atom. The molecule has 1 unspecified atom stereocenters. The smallest absolute Gasteiger partial charge is 0.279 e. The molecule has 2 heterocycles. The first-order valence-electron chi connectivity index (χ1n) is 8.00. The molecule has 2 aromatic rings. The number of carbonyl (C=O) groups is 3. The van der Waals surface area contributed by atoms with Crippen LogP contribution < -0.4 is 10.9 Å². The first-order chi connectivity index (χ1) is 12.0. The van der Waals surface area contributed by atoms with E-state index in [1.807, 2.05) is 31.2 Å². The normalized spacial score (nSPS) is 16.8. The zero-order valence-corrected chi connectivity index (χ0v) is 14.6. The van der Waals surface area contributed by atoms with Crippen LogP contribution in [0, 0.1) is 12.8 Å². The summed E-state index contributed by atoms with van der Waals surface area (Å²) in [6.45, 7) is 2.85. The van der Waals surface area contributed by atoms with Crippen molar-refractivity contribution >= 4 is 29.1 Å². The van der Waals surface area contributed by atoms with E-state index >= 15 is 0 Å². The molecule has 0 radical (unpaired) electrons. The highest BCUT2D eigenvalue weighted by Crippen LogP contribution is 2.20. The zero-order chi connectivity index (χ0) is 17.8. The molecule has 3 rings (SSSR count). The number of rotatable bonds is 4. The maximum Gasteiger partial charge on any atom is 0.279 e. The van der Waals surface area contributed by atoms with E-state index in [1.165, 1.54) is 11.3 Å². The second kappa shape index (κ2) is 7.48. The number of thiophene rings is 1. The van der Waals surface area contributed by atoms with Gasteiger partial charge in [-0.2, -0.15) is 0 Å². The van der Waals surface area contributed by atoms with Gasteiger partial charge in [0.05, 0.1) is 10.8 Å². The number of aryl methyl sites for hydroxylation is 1. The van der Waals surface area contributed by atoms with E-state index in [9.17, 15) is 14.4 Å². The van der Waals surface area contributed by atoms with E-state index in [0.29, 0.717) is 18.0 Å². The molecule has 1 aliphatic heterocycles. The predicted octanol–water partition coefficient (Wildman–Crippen LogP) is 1.87. The fraction of sp³-hybridized carbons (Fsp3) is 0.278. The molecular weight excluding hydrogens is 338 g/mol. The Kier molecular flexibility index (Phi) is 5.14. The predicted molar refractivity (Wildman–Crippen MR) is 94.6 cm³/mol. The Bertz CT molecular complexity index is 771. The number of amides is 3. The summed E-state index contributed by atoms with van der Waals surface area (Å²) in [5.41, 5.74) is 7.00. The first kappa shape index (κ1) is 17.2. The van der Waals surface area contributed by atoms with Crippen LogP contribution in [0.1, 0.15) is 27.2 Å². The lowest BCUT2D eigenvalue weighted by Crippen LogP contribution is -2.44. The molecule has 130 valence electrons. The lowest BCUT2D eigenvalue weighted by atomic mass is 10.1. The summed E-state index contributed by atoms with van der Waals surface area (Å²) in [6.07, 6.45) is 0.159. The van der Waals surface area contributed by atoms with Gasteiger partial charge in [-0.3, -0.25) is 25.2 Å². The van der Waals surface area contributed by atoms with Gasteiger partial charge >= 0.3 is 0 Å². The van der Waals surface area contributed by atoms with Crippen LogP contribution in [0.25, 0.3) is 0 Å². The topological polar surface area (TPSA) is 78.5 Å². The molecule has 0 saturated carbocycles. The average Bonchev–Trinajstić information content (AvgIpc) is 3.25. The van der Waals surface area contributed by atoms with Crippen LogP contribution in [0.15, 0.2) is 41.8 Å². The van der Waals surface area contributed by atoms with E-state index in [1.54, 1.807) is 22.4 Å². The molecule has 25 heavy (non-hydrogen) atoms. The van der Waals surface area contributed by atoms with Crippen LogP contribution in [0.5, 0.6) is 0 Å². The Morgan fingerprint density at radius 1 is 1.20 bits per heavy atom. The maximum atomic E-state index is 12.2. The van der Waals surface area contributed by atoms with Crippen molar-refractivity contribution in [2.45, 2.75) is 19.9 Å². The summed E-state index contributed by atoms with van der Waals surface area (Å²) in [5, 5.41) is 1.79. The lowest BCUT2D eigenvalue weighted by Gasteiger charge is -2.17. The highest BCUT2D eigenvalue weighted by atomic mass is 32.1. The minimum Gasteiger partial charge on any atom is -0.338 e. The van der Waals surface area contributed by atoms with Crippen molar-refractivity contribution in [3.63, 3.8) is 0 Å². The fourth-order valence-electron chi connectivity index (χ4n) is 2.70. The summed E-state index contributed by atoms with van der Waals surface area (Å²) >= 11 is 1.29. The number of hydrogen-bond acceptors (Lipinski definition) is 4. The van der Waals surface area contributed by atoms with Crippen LogP contribution in [-0.2, 0) is 16.1 Å². The number of carbonyl (C=O) groups excluding carboxylic acids is 3. The van der Waals surface area contributed by atoms with E-state index < -0.39 is 5.92 Å². The van der Waals surface area contributed by atoms with Crippen molar-refractivity contribution in [1.29, 1.82) is 0 Å². The third kappa shape index (κ3) is 4.24. The lowest BCUT2D eigenvalue weighted by molar-refractivity contribution is -0.129. The molecule has 6 nitrogen and oxygen atoms in total. The van der Waals surface area contributed by atoms with Crippen LogP contribution in [0.2, 0.25) is 0 Å². The number of nitrogens with zero attached hydrogens (tertiary/aromatic N) is 1. The minimum atomic E-state index is -0.457. The Hall–Kier alpha value is -2.67. The van der Waals surface area contributed by atoms with E-state index in [4.69, 9.17) is 0 Å². The van der Waals surface area contributed by atoms with Gasteiger partial charge in [-0.1, -0.05) is 35.9 Å². The minimum absolute atomic E-state index is 0.0506. The van der Waals surface area contributed by atoms with Crippen LogP contribution in [-0.4, -0.2) is 29.2 Å². The van der Waals surface area contributed by atoms with Crippen molar-refractivity contribution in [3.05, 3.63) is 57.8 Å². The number of benzene rings is 1. The van der Waals surface area contributed by atoms with Gasteiger partial charge in [0.2, 0.25) is 11.8 Å². The van der Waals surface area contributed by atoms with Gasteiger partial charge in [0.15, 0.2) is 0 Å². The van der Waals surface area contributed by atoms with Gasteiger partial charge in [0.25, 0.3) is 5.91 Å². The van der Waals surface area contributed by atoms with Gasteiger partial charge in [-0.15, -0.1) is 11.3 Å². The molecule has 2 N–H and O–H groups in total. The van der Waals surface area contributed by atoms with Crippen molar-refractivity contribution < 1.29 is 14.4 Å². The van der Waals surface area contributed by atoms with Crippen LogP contribution in [0.4, 0.5) is 0 Å². The highest BCUT2D eigenvalue weighted by Gasteiger charge is 2.34. The van der Waals surface area contributed by atoms with Crippen LogP contribution >= 0.6 is 11.3 Å². The van der Waals surface area contributed by atoms with E-state index in [0.717, 1.165) is 11.1 Å². The summed E-state index contributed by atoms with van der Waals surface area (Å²) in [5.74, 6) is -1.21. The molecule has 0 aliphatic carbocycles. The standard InChI is InChI=1S/C18H19N3O3S/c1-12-4-6-13(7-5-12)10-21-11-14(9-16(21)22)17(23)19-20-18(24)15-3-2-8-25-15/h2-8,14H,9-11H2,1H3,(H,19,23)(H,20,24).